The lowest BCUT2D eigenvalue weighted by Crippen LogP contribution is -2.37. The number of ether oxygens (including phenoxy) is 2. The van der Waals surface area contributed by atoms with Crippen molar-refractivity contribution in [2.24, 2.45) is 0 Å². The molecule has 0 radical (unpaired) electrons. The molecule has 0 fully saturated rings. The maximum Gasteiger partial charge on any atom is 0.306 e. The molecule has 0 rings (SSSR count). The fraction of sp³-hybridized carbons (Fsp3) is 0.717. The van der Waals surface area contributed by atoms with Gasteiger partial charge in [0, 0.05) is 6.42 Å². The second-order valence-electron chi connectivity index (χ2n) is 15.4. The highest BCUT2D eigenvalue weighted by atomic mass is 31.2. The van der Waals surface area contributed by atoms with Gasteiger partial charge >= 0.3 is 5.97 Å². The molecule has 0 saturated carbocycles. The van der Waals surface area contributed by atoms with Crippen LogP contribution in [0.25, 0.3) is 0 Å². The molecule has 1 unspecified atom stereocenters. The predicted molar refractivity (Wildman–Crippen MR) is 231 cm³/mol. The maximum absolute atomic E-state index is 12.6. The molecule has 0 aliphatic carbocycles. The Hall–Kier alpha value is -2.22. The lowest BCUT2D eigenvalue weighted by Gasteiger charge is -2.28. The molecule has 0 aliphatic heterocycles. The van der Waals surface area contributed by atoms with E-state index in [1.54, 1.807) is 6.26 Å². The molecule has 0 aromatic heterocycles. The molecule has 0 heterocycles. The molecule has 2 atom stereocenters. The minimum atomic E-state index is -4.56. The highest BCUT2D eigenvalue weighted by molar-refractivity contribution is 7.45. The minimum Gasteiger partial charge on any atom is -0.756 e. The van der Waals surface area contributed by atoms with Crippen LogP contribution in [0.3, 0.4) is 0 Å². The maximum atomic E-state index is 12.6. The topological polar surface area (TPSA) is 94.1 Å². The Balaban J connectivity index is 4.43. The van der Waals surface area contributed by atoms with Crippen molar-refractivity contribution in [3.63, 3.8) is 0 Å². The van der Waals surface area contributed by atoms with Gasteiger partial charge in [-0.2, -0.15) is 0 Å². The molecule has 8 nitrogen and oxygen atoms in total. The molecular formula is C46H82NO7P. The summed E-state index contributed by atoms with van der Waals surface area (Å²) in [4.78, 5) is 25.0. The van der Waals surface area contributed by atoms with Crippen molar-refractivity contribution < 1.29 is 37.3 Å². The molecule has 0 amide bonds. The van der Waals surface area contributed by atoms with E-state index >= 15 is 0 Å². The Labute approximate surface area is 338 Å². The fourth-order valence-electron chi connectivity index (χ4n) is 5.38. The SMILES string of the molecule is CCCCC/C=C\C/C=C\C/C=C\C/C=C\CCCC(=O)O[C@H](CO/C=C\CCCCCCCC/C=C\CCCCCC)COP(=O)([O-])OCC[N+](C)(C)C. The second kappa shape index (κ2) is 38.6. The van der Waals surface area contributed by atoms with E-state index in [0.717, 1.165) is 38.5 Å². The first-order valence-corrected chi connectivity index (χ1v) is 23.2. The zero-order chi connectivity index (χ0) is 40.6. The third-order valence-electron chi connectivity index (χ3n) is 8.79. The van der Waals surface area contributed by atoms with Crippen LogP contribution in [0.1, 0.15) is 162 Å². The van der Waals surface area contributed by atoms with E-state index in [0.29, 0.717) is 17.4 Å². The highest BCUT2D eigenvalue weighted by Crippen LogP contribution is 2.38. The summed E-state index contributed by atoms with van der Waals surface area (Å²) < 4.78 is 34.2. The van der Waals surface area contributed by atoms with E-state index in [4.69, 9.17) is 18.5 Å². The Morgan fingerprint density at radius 2 is 1.02 bits per heavy atom. The summed E-state index contributed by atoms with van der Waals surface area (Å²) in [5.74, 6) is -0.415. The van der Waals surface area contributed by atoms with Gasteiger partial charge in [0.05, 0.1) is 34.0 Å². The summed E-state index contributed by atoms with van der Waals surface area (Å²) in [6.07, 6.45) is 50.1. The first-order chi connectivity index (χ1) is 26.6. The average molecular weight is 792 g/mol. The quantitative estimate of drug-likeness (QED) is 0.0153. The third kappa shape index (κ3) is 42.8. The van der Waals surface area contributed by atoms with Crippen LogP contribution in [0.15, 0.2) is 73.1 Å². The Bertz CT molecular complexity index is 1110. The monoisotopic (exact) mass is 792 g/mol. The Kier molecular flexibility index (Phi) is 37.1. The summed E-state index contributed by atoms with van der Waals surface area (Å²) in [5.41, 5.74) is 0. The second-order valence-corrected chi connectivity index (χ2v) is 16.8. The van der Waals surface area contributed by atoms with Crippen LogP contribution >= 0.6 is 7.82 Å². The van der Waals surface area contributed by atoms with Gasteiger partial charge in [-0.3, -0.25) is 9.36 Å². The Morgan fingerprint density at radius 1 is 0.582 bits per heavy atom. The highest BCUT2D eigenvalue weighted by Gasteiger charge is 2.20. The van der Waals surface area contributed by atoms with Crippen molar-refractivity contribution in [1.29, 1.82) is 0 Å². The van der Waals surface area contributed by atoms with Crippen molar-refractivity contribution in [3.05, 3.63) is 73.1 Å². The molecule has 318 valence electrons. The summed E-state index contributed by atoms with van der Waals surface area (Å²) in [6.45, 7) is 4.61. The summed E-state index contributed by atoms with van der Waals surface area (Å²) >= 11 is 0. The first-order valence-electron chi connectivity index (χ1n) is 21.7. The van der Waals surface area contributed by atoms with Gasteiger partial charge in [-0.15, -0.1) is 0 Å². The van der Waals surface area contributed by atoms with E-state index in [1.807, 2.05) is 27.2 Å². The van der Waals surface area contributed by atoms with Crippen molar-refractivity contribution in [2.75, 3.05) is 47.5 Å². The number of carbonyl (C=O) groups is 1. The Morgan fingerprint density at radius 3 is 1.56 bits per heavy atom. The van der Waals surface area contributed by atoms with Gasteiger partial charge < -0.3 is 27.9 Å². The largest absolute Gasteiger partial charge is 0.756 e. The van der Waals surface area contributed by atoms with Crippen LogP contribution in [0.2, 0.25) is 0 Å². The van der Waals surface area contributed by atoms with Crippen LogP contribution < -0.4 is 4.89 Å². The number of phosphoric acid groups is 1. The van der Waals surface area contributed by atoms with E-state index < -0.39 is 19.9 Å². The number of carbonyl (C=O) groups excluding carboxylic acids is 1. The lowest BCUT2D eigenvalue weighted by molar-refractivity contribution is -0.870. The van der Waals surface area contributed by atoms with E-state index in [9.17, 15) is 14.3 Å². The van der Waals surface area contributed by atoms with Gasteiger partial charge in [-0.1, -0.05) is 132 Å². The summed E-state index contributed by atoms with van der Waals surface area (Å²) in [5, 5.41) is 0. The van der Waals surface area contributed by atoms with Gasteiger partial charge in [-0.25, -0.2) is 0 Å². The minimum absolute atomic E-state index is 0.00203. The average Bonchev–Trinajstić information content (AvgIpc) is 3.13. The number of quaternary nitrogens is 1. The van der Waals surface area contributed by atoms with E-state index in [-0.39, 0.29) is 26.2 Å². The molecule has 0 aliphatic rings. The molecule has 0 aromatic carbocycles. The number of hydrogen-bond acceptors (Lipinski definition) is 7. The van der Waals surface area contributed by atoms with Crippen LogP contribution in [-0.4, -0.2) is 64.1 Å². The van der Waals surface area contributed by atoms with Crippen LogP contribution in [-0.2, 0) is 27.9 Å². The molecule has 0 saturated heterocycles. The zero-order valence-corrected chi connectivity index (χ0v) is 36.7. The summed E-state index contributed by atoms with van der Waals surface area (Å²) in [7, 11) is 1.28. The number of rotatable bonds is 39. The van der Waals surface area contributed by atoms with E-state index in [1.165, 1.54) is 96.3 Å². The van der Waals surface area contributed by atoms with Gasteiger partial charge in [0.1, 0.15) is 19.8 Å². The molecule has 0 spiro atoms. The van der Waals surface area contributed by atoms with Crippen molar-refractivity contribution in [3.8, 4) is 0 Å². The number of esters is 1. The lowest BCUT2D eigenvalue weighted by atomic mass is 10.1. The zero-order valence-electron chi connectivity index (χ0n) is 35.8. The van der Waals surface area contributed by atoms with Crippen LogP contribution in [0.5, 0.6) is 0 Å². The van der Waals surface area contributed by atoms with Crippen molar-refractivity contribution in [2.45, 2.75) is 168 Å². The molecule has 0 aromatic rings. The van der Waals surface area contributed by atoms with Crippen molar-refractivity contribution in [1.82, 2.24) is 0 Å². The van der Waals surface area contributed by atoms with Gasteiger partial charge in [-0.05, 0) is 89.5 Å². The molecule has 0 bridgehead atoms. The third-order valence-corrected chi connectivity index (χ3v) is 9.76. The van der Waals surface area contributed by atoms with Gasteiger partial charge in [0.25, 0.3) is 7.82 Å². The number of hydrogen-bond donors (Lipinski definition) is 0. The number of likely N-dealkylation sites (N-methyl/N-ethyl adjacent to an activating group) is 1. The number of allylic oxidation sites excluding steroid dienone is 11. The number of unbranched alkanes of at least 4 members (excludes halogenated alkanes) is 15. The van der Waals surface area contributed by atoms with Gasteiger partial charge in [0.2, 0.25) is 0 Å². The van der Waals surface area contributed by atoms with Crippen LogP contribution in [0, 0.1) is 0 Å². The molecular weight excluding hydrogens is 709 g/mol. The molecule has 0 N–H and O–H groups in total. The first kappa shape index (κ1) is 52.8. The van der Waals surface area contributed by atoms with Gasteiger partial charge in [0.15, 0.2) is 6.10 Å². The predicted octanol–water partition coefficient (Wildman–Crippen LogP) is 12.4. The smallest absolute Gasteiger partial charge is 0.306 e. The number of nitrogens with zero attached hydrogens (tertiary/aromatic N) is 1. The molecule has 55 heavy (non-hydrogen) atoms. The van der Waals surface area contributed by atoms with E-state index in [2.05, 4.69) is 74.6 Å². The number of phosphoric ester groups is 1. The standard InChI is InChI=1S/C46H82NO7P/c1-6-8-10-12-14-16-18-20-22-24-25-27-29-31-33-35-37-39-46(48)54-45(44-53-55(49,50)52-42-40-47(3,4)5)43-51-41-38-36-34-32-30-28-26-23-21-19-17-15-13-11-9-7-2/h14,16-17,19-20,22,25,27,31,33,38,41,45H,6-13,15,18,21,23-24,26,28-30,32,34-37,39-40,42-44H2,1-5H3/b16-14-,19-17-,22-20-,27-25-,33-31-,41-38-/t45-/m1/s1. The van der Waals surface area contributed by atoms with Crippen molar-refractivity contribution >= 4 is 13.8 Å². The normalized spacial score (nSPS) is 14.4. The fourth-order valence-corrected chi connectivity index (χ4v) is 6.11. The summed E-state index contributed by atoms with van der Waals surface area (Å²) in [6, 6.07) is 0. The van der Waals surface area contributed by atoms with Crippen LogP contribution in [0.4, 0.5) is 0 Å². The molecule has 9 heteroatoms.